The molecular formula is C23H34N2O5. The second kappa shape index (κ2) is 11.2. The maximum atomic E-state index is 12.6. The van der Waals surface area contributed by atoms with E-state index >= 15 is 0 Å². The Bertz CT molecular complexity index is 705. The average Bonchev–Trinajstić information content (AvgIpc) is 2.78. The monoisotopic (exact) mass is 418 g/mol. The quantitative estimate of drug-likeness (QED) is 0.655. The first-order valence-corrected chi connectivity index (χ1v) is 10.7. The van der Waals surface area contributed by atoms with E-state index in [1.165, 1.54) is 19.3 Å². The Hall–Kier alpha value is -2.25. The van der Waals surface area contributed by atoms with Crippen LogP contribution < -0.4 is 19.5 Å². The van der Waals surface area contributed by atoms with Crippen LogP contribution in [0.3, 0.4) is 0 Å². The van der Waals surface area contributed by atoms with E-state index in [9.17, 15) is 4.79 Å². The molecule has 1 amide bonds. The summed E-state index contributed by atoms with van der Waals surface area (Å²) in [6.07, 6.45) is 7.97. The van der Waals surface area contributed by atoms with Crippen LogP contribution >= 0.6 is 0 Å². The summed E-state index contributed by atoms with van der Waals surface area (Å²) in [7, 11) is 4.73. The molecule has 1 aromatic carbocycles. The van der Waals surface area contributed by atoms with Gasteiger partial charge in [-0.25, -0.2) is 0 Å². The first-order chi connectivity index (χ1) is 14.6. The molecule has 2 aliphatic rings. The molecule has 2 atom stereocenters. The van der Waals surface area contributed by atoms with Gasteiger partial charge in [-0.05, 0) is 42.5 Å². The van der Waals surface area contributed by atoms with E-state index in [-0.39, 0.29) is 11.9 Å². The van der Waals surface area contributed by atoms with E-state index in [0.717, 1.165) is 44.8 Å². The second-order valence-electron chi connectivity index (χ2n) is 7.86. The zero-order valence-corrected chi connectivity index (χ0v) is 18.3. The van der Waals surface area contributed by atoms with Crippen LogP contribution in [0.2, 0.25) is 0 Å². The van der Waals surface area contributed by atoms with Crippen molar-refractivity contribution in [2.45, 2.75) is 31.7 Å². The average molecular weight is 419 g/mol. The third-order valence-electron chi connectivity index (χ3n) is 5.95. The molecule has 0 bridgehead atoms. The molecule has 166 valence electrons. The van der Waals surface area contributed by atoms with Crippen molar-refractivity contribution in [2.24, 2.45) is 5.92 Å². The lowest BCUT2D eigenvalue weighted by molar-refractivity contribution is -0.117. The largest absolute Gasteiger partial charge is 0.493 e. The predicted octanol–water partition coefficient (Wildman–Crippen LogP) is 2.73. The minimum absolute atomic E-state index is 0.0670. The number of rotatable bonds is 8. The second-order valence-corrected chi connectivity index (χ2v) is 7.86. The highest BCUT2D eigenvalue weighted by atomic mass is 16.5. The van der Waals surface area contributed by atoms with Gasteiger partial charge in [-0.2, -0.15) is 0 Å². The Balaban J connectivity index is 1.62. The molecule has 0 aromatic heterocycles. The van der Waals surface area contributed by atoms with Gasteiger partial charge in [0.05, 0.1) is 34.5 Å². The molecule has 7 heteroatoms. The summed E-state index contributed by atoms with van der Waals surface area (Å²) in [6, 6.07) is 3.87. The number of hydrogen-bond donors (Lipinski definition) is 1. The van der Waals surface area contributed by atoms with Gasteiger partial charge in [-0.1, -0.05) is 12.8 Å². The SMILES string of the molecule is COc1cc(/C=C/C(=O)NC2CCCCC2CN2CCOCC2)cc(OC)c1OC. The van der Waals surface area contributed by atoms with Crippen molar-refractivity contribution < 1.29 is 23.7 Å². The maximum Gasteiger partial charge on any atom is 0.244 e. The van der Waals surface area contributed by atoms with Crippen LogP contribution in [0, 0.1) is 5.92 Å². The summed E-state index contributed by atoms with van der Waals surface area (Å²) in [6.45, 7) is 4.61. The lowest BCUT2D eigenvalue weighted by Gasteiger charge is -2.37. The van der Waals surface area contributed by atoms with Crippen LogP contribution in [0.4, 0.5) is 0 Å². The van der Waals surface area contributed by atoms with Crippen LogP contribution in [-0.2, 0) is 9.53 Å². The van der Waals surface area contributed by atoms with Gasteiger partial charge in [0.15, 0.2) is 11.5 Å². The van der Waals surface area contributed by atoms with Crippen LogP contribution in [0.5, 0.6) is 17.2 Å². The van der Waals surface area contributed by atoms with E-state index in [2.05, 4.69) is 10.2 Å². The van der Waals surface area contributed by atoms with Gasteiger partial charge in [0, 0.05) is 31.8 Å². The molecule has 1 aromatic rings. The number of nitrogens with one attached hydrogen (secondary N) is 1. The van der Waals surface area contributed by atoms with Crippen molar-refractivity contribution in [1.82, 2.24) is 10.2 Å². The lowest BCUT2D eigenvalue weighted by Crippen LogP contribution is -2.48. The van der Waals surface area contributed by atoms with Gasteiger partial charge >= 0.3 is 0 Å². The normalized spacial score (nSPS) is 22.6. The van der Waals surface area contributed by atoms with Crippen molar-refractivity contribution in [1.29, 1.82) is 0 Å². The molecule has 7 nitrogen and oxygen atoms in total. The third kappa shape index (κ3) is 5.89. The zero-order valence-electron chi connectivity index (χ0n) is 18.3. The lowest BCUT2D eigenvalue weighted by atomic mass is 9.84. The van der Waals surface area contributed by atoms with Crippen molar-refractivity contribution in [3.05, 3.63) is 23.8 Å². The van der Waals surface area contributed by atoms with Gasteiger partial charge in [-0.15, -0.1) is 0 Å². The highest BCUT2D eigenvalue weighted by Gasteiger charge is 2.28. The molecule has 1 aliphatic heterocycles. The number of methoxy groups -OCH3 is 3. The molecule has 0 radical (unpaired) electrons. The Morgan fingerprint density at radius 2 is 1.77 bits per heavy atom. The van der Waals surface area contributed by atoms with E-state index < -0.39 is 0 Å². The summed E-state index contributed by atoms with van der Waals surface area (Å²) in [5.41, 5.74) is 0.813. The molecular weight excluding hydrogens is 384 g/mol. The van der Waals surface area contributed by atoms with Crippen molar-refractivity contribution >= 4 is 12.0 Å². The molecule has 0 spiro atoms. The van der Waals surface area contributed by atoms with Crippen LogP contribution in [0.25, 0.3) is 6.08 Å². The zero-order chi connectivity index (χ0) is 21.3. The fourth-order valence-corrected chi connectivity index (χ4v) is 4.33. The predicted molar refractivity (Wildman–Crippen MR) is 116 cm³/mol. The molecule has 2 fully saturated rings. The molecule has 2 unspecified atom stereocenters. The molecule has 1 N–H and O–H groups in total. The van der Waals surface area contributed by atoms with Gasteiger partial charge in [0.25, 0.3) is 0 Å². The van der Waals surface area contributed by atoms with Gasteiger partial charge in [0.1, 0.15) is 0 Å². The fraction of sp³-hybridized carbons (Fsp3) is 0.609. The summed E-state index contributed by atoms with van der Waals surface area (Å²) in [5.74, 6) is 2.09. The third-order valence-corrected chi connectivity index (χ3v) is 5.95. The smallest absolute Gasteiger partial charge is 0.244 e. The number of ether oxygens (including phenoxy) is 4. The van der Waals surface area contributed by atoms with E-state index in [1.807, 2.05) is 12.1 Å². The standard InChI is InChI=1S/C23H34N2O5/c1-27-20-14-17(15-21(28-2)23(20)29-3)8-9-22(26)24-19-7-5-4-6-18(19)16-25-10-12-30-13-11-25/h8-9,14-15,18-19H,4-7,10-13,16H2,1-3H3,(H,24,26)/b9-8+. The molecule has 1 aliphatic carbocycles. The minimum Gasteiger partial charge on any atom is -0.493 e. The summed E-state index contributed by atoms with van der Waals surface area (Å²) in [5, 5.41) is 3.24. The van der Waals surface area contributed by atoms with Gasteiger partial charge < -0.3 is 24.3 Å². The molecule has 1 saturated heterocycles. The van der Waals surface area contributed by atoms with E-state index in [1.54, 1.807) is 33.5 Å². The Kier molecular flexibility index (Phi) is 8.39. The van der Waals surface area contributed by atoms with Crippen LogP contribution in [0.15, 0.2) is 18.2 Å². The van der Waals surface area contributed by atoms with Crippen LogP contribution in [-0.4, -0.2) is 71.0 Å². The van der Waals surface area contributed by atoms with Gasteiger partial charge in [-0.3, -0.25) is 9.69 Å². The number of hydrogen-bond acceptors (Lipinski definition) is 6. The summed E-state index contributed by atoms with van der Waals surface area (Å²) >= 11 is 0. The maximum absolute atomic E-state index is 12.6. The van der Waals surface area contributed by atoms with Crippen molar-refractivity contribution in [2.75, 3.05) is 54.2 Å². The highest BCUT2D eigenvalue weighted by Crippen LogP contribution is 2.38. The number of carbonyl (C=O) groups excluding carboxylic acids is 1. The number of nitrogens with zero attached hydrogens (tertiary/aromatic N) is 1. The van der Waals surface area contributed by atoms with Crippen molar-refractivity contribution in [3.63, 3.8) is 0 Å². The first-order valence-electron chi connectivity index (χ1n) is 10.7. The highest BCUT2D eigenvalue weighted by molar-refractivity contribution is 5.92. The summed E-state index contributed by atoms with van der Waals surface area (Å²) in [4.78, 5) is 15.1. The van der Waals surface area contributed by atoms with Crippen LogP contribution in [0.1, 0.15) is 31.2 Å². The number of benzene rings is 1. The fourth-order valence-electron chi connectivity index (χ4n) is 4.33. The van der Waals surface area contributed by atoms with E-state index in [0.29, 0.717) is 23.2 Å². The Morgan fingerprint density at radius 3 is 2.40 bits per heavy atom. The number of carbonyl (C=O) groups is 1. The molecule has 3 rings (SSSR count). The van der Waals surface area contributed by atoms with Crippen molar-refractivity contribution in [3.8, 4) is 17.2 Å². The Labute approximate surface area is 179 Å². The Morgan fingerprint density at radius 1 is 1.10 bits per heavy atom. The topological polar surface area (TPSA) is 69.3 Å². The summed E-state index contributed by atoms with van der Waals surface area (Å²) < 4.78 is 21.6. The van der Waals surface area contributed by atoms with E-state index in [4.69, 9.17) is 18.9 Å². The van der Waals surface area contributed by atoms with Gasteiger partial charge in [0.2, 0.25) is 11.7 Å². The molecule has 1 saturated carbocycles. The minimum atomic E-state index is -0.0670. The molecule has 1 heterocycles. The first kappa shape index (κ1) is 22.4. The molecule has 30 heavy (non-hydrogen) atoms. The number of morpholine rings is 1. The number of amides is 1.